The first-order valence-corrected chi connectivity index (χ1v) is 10.0. The van der Waals surface area contributed by atoms with E-state index in [1.54, 1.807) is 0 Å². The summed E-state index contributed by atoms with van der Waals surface area (Å²) in [5.74, 6) is 1.75. The molecule has 6 heteroatoms. The maximum atomic E-state index is 12.8. The minimum atomic E-state index is -0.185. The molecule has 128 valence electrons. The molecule has 0 atom stereocenters. The van der Waals surface area contributed by atoms with Crippen LogP contribution in [0.25, 0.3) is 0 Å². The van der Waals surface area contributed by atoms with E-state index in [1.807, 2.05) is 43.0 Å². The first kappa shape index (κ1) is 19.2. The van der Waals surface area contributed by atoms with E-state index in [9.17, 15) is 4.39 Å². The highest BCUT2D eigenvalue weighted by Crippen LogP contribution is 2.20. The van der Waals surface area contributed by atoms with Crippen molar-refractivity contribution >= 4 is 50.7 Å². The zero-order valence-electron chi connectivity index (χ0n) is 13.4. The van der Waals surface area contributed by atoms with Crippen LogP contribution in [0.5, 0.6) is 0 Å². The minimum Gasteiger partial charge on any atom is -0.362 e. The van der Waals surface area contributed by atoms with Crippen molar-refractivity contribution in [1.82, 2.24) is 5.32 Å². The van der Waals surface area contributed by atoms with E-state index in [-0.39, 0.29) is 5.82 Å². The molecule has 2 N–H and O–H groups in total. The van der Waals surface area contributed by atoms with Crippen molar-refractivity contribution in [1.29, 1.82) is 0 Å². The van der Waals surface area contributed by atoms with Gasteiger partial charge in [-0.05, 0) is 72.8 Å². The van der Waals surface area contributed by atoms with Crippen LogP contribution in [0.15, 0.2) is 46.9 Å². The van der Waals surface area contributed by atoms with E-state index in [0.29, 0.717) is 5.11 Å². The fourth-order valence-corrected chi connectivity index (χ4v) is 3.43. The molecule has 0 unspecified atom stereocenters. The van der Waals surface area contributed by atoms with Crippen molar-refractivity contribution < 1.29 is 4.39 Å². The van der Waals surface area contributed by atoms with Gasteiger partial charge in [-0.1, -0.05) is 28.1 Å². The quantitative estimate of drug-likeness (QED) is 0.450. The van der Waals surface area contributed by atoms with Crippen LogP contribution in [0.3, 0.4) is 0 Å². The van der Waals surface area contributed by atoms with Gasteiger partial charge >= 0.3 is 0 Å². The molecule has 0 aliphatic heterocycles. The molecule has 0 bridgehead atoms. The highest BCUT2D eigenvalue weighted by Gasteiger charge is 2.00. The predicted octanol–water partition coefficient (Wildman–Crippen LogP) is 5.51. The van der Waals surface area contributed by atoms with Gasteiger partial charge in [0.15, 0.2) is 5.11 Å². The standard InChI is InChI=1S/C18H20BrFN2S2/c1-13-11-16(7-8-17(13)19)22-18(23)21-9-2-10-24-12-14-3-5-15(20)6-4-14/h3-8,11H,2,9-10,12H2,1H3,(H2,21,22,23). The Balaban J connectivity index is 1.59. The fourth-order valence-electron chi connectivity index (χ4n) is 2.04. The summed E-state index contributed by atoms with van der Waals surface area (Å²) in [6, 6.07) is 12.7. The van der Waals surface area contributed by atoms with Gasteiger partial charge in [0.1, 0.15) is 5.82 Å². The topological polar surface area (TPSA) is 24.1 Å². The smallest absolute Gasteiger partial charge is 0.170 e. The Bertz CT molecular complexity index is 677. The third-order valence-corrected chi connectivity index (χ3v) is 5.60. The van der Waals surface area contributed by atoms with Gasteiger partial charge in [0.05, 0.1) is 0 Å². The third-order valence-electron chi connectivity index (χ3n) is 3.35. The summed E-state index contributed by atoms with van der Waals surface area (Å²) in [6.45, 7) is 2.88. The molecule has 0 spiro atoms. The number of aryl methyl sites for hydroxylation is 1. The Morgan fingerprint density at radius 3 is 2.67 bits per heavy atom. The number of thioether (sulfide) groups is 1. The van der Waals surface area contributed by atoms with Gasteiger partial charge in [-0.2, -0.15) is 11.8 Å². The number of hydrogen-bond donors (Lipinski definition) is 2. The van der Waals surface area contributed by atoms with Crippen LogP contribution < -0.4 is 10.6 Å². The molecular formula is C18H20BrFN2S2. The lowest BCUT2D eigenvalue weighted by Gasteiger charge is -2.11. The van der Waals surface area contributed by atoms with Gasteiger partial charge < -0.3 is 10.6 Å². The number of anilines is 1. The van der Waals surface area contributed by atoms with E-state index in [0.717, 1.165) is 40.2 Å². The average Bonchev–Trinajstić information content (AvgIpc) is 2.56. The lowest BCUT2D eigenvalue weighted by atomic mass is 10.2. The Morgan fingerprint density at radius 1 is 1.21 bits per heavy atom. The Morgan fingerprint density at radius 2 is 1.96 bits per heavy atom. The zero-order valence-corrected chi connectivity index (χ0v) is 16.7. The average molecular weight is 427 g/mol. The van der Waals surface area contributed by atoms with E-state index in [2.05, 4.69) is 32.6 Å². The van der Waals surface area contributed by atoms with Crippen LogP contribution in [0.1, 0.15) is 17.5 Å². The summed E-state index contributed by atoms with van der Waals surface area (Å²) < 4.78 is 13.9. The Labute approximate surface area is 160 Å². The number of nitrogens with one attached hydrogen (secondary N) is 2. The number of benzene rings is 2. The monoisotopic (exact) mass is 426 g/mol. The summed E-state index contributed by atoms with van der Waals surface area (Å²) in [4.78, 5) is 0. The Kier molecular flexibility index (Phi) is 8.02. The van der Waals surface area contributed by atoms with Crippen LogP contribution >= 0.6 is 39.9 Å². The number of hydrogen-bond acceptors (Lipinski definition) is 2. The molecule has 0 aromatic heterocycles. The number of halogens is 2. The first-order valence-electron chi connectivity index (χ1n) is 7.68. The normalized spacial score (nSPS) is 10.5. The zero-order chi connectivity index (χ0) is 17.4. The summed E-state index contributed by atoms with van der Waals surface area (Å²) in [5, 5.41) is 7.05. The second-order valence-electron chi connectivity index (χ2n) is 5.38. The van der Waals surface area contributed by atoms with Crippen molar-refractivity contribution in [2.45, 2.75) is 19.1 Å². The summed E-state index contributed by atoms with van der Waals surface area (Å²) in [5.41, 5.74) is 3.30. The maximum Gasteiger partial charge on any atom is 0.170 e. The highest BCUT2D eigenvalue weighted by atomic mass is 79.9. The fraction of sp³-hybridized carbons (Fsp3) is 0.278. The summed E-state index contributed by atoms with van der Waals surface area (Å²) in [6.07, 6.45) is 1.02. The van der Waals surface area contributed by atoms with E-state index in [1.165, 1.54) is 17.7 Å². The van der Waals surface area contributed by atoms with Gasteiger partial charge in [-0.15, -0.1) is 0 Å². The maximum absolute atomic E-state index is 12.8. The van der Waals surface area contributed by atoms with Crippen molar-refractivity contribution in [3.05, 3.63) is 63.9 Å². The lowest BCUT2D eigenvalue weighted by molar-refractivity contribution is 0.627. The van der Waals surface area contributed by atoms with Crippen LogP contribution in [-0.4, -0.2) is 17.4 Å². The van der Waals surface area contributed by atoms with Gasteiger partial charge in [0, 0.05) is 22.5 Å². The molecule has 2 nitrogen and oxygen atoms in total. The lowest BCUT2D eigenvalue weighted by Crippen LogP contribution is -2.29. The van der Waals surface area contributed by atoms with Crippen molar-refractivity contribution in [3.63, 3.8) is 0 Å². The van der Waals surface area contributed by atoms with Gasteiger partial charge in [0.2, 0.25) is 0 Å². The molecule has 2 rings (SSSR count). The Hall–Kier alpha value is -1.11. The first-order chi connectivity index (χ1) is 11.5. The molecule has 0 aliphatic rings. The molecule has 0 fully saturated rings. The van der Waals surface area contributed by atoms with Gasteiger partial charge in [-0.25, -0.2) is 4.39 Å². The third kappa shape index (κ3) is 6.79. The largest absolute Gasteiger partial charge is 0.362 e. The SMILES string of the molecule is Cc1cc(NC(=S)NCCCSCc2ccc(F)cc2)ccc1Br. The highest BCUT2D eigenvalue weighted by molar-refractivity contribution is 9.10. The molecule has 2 aromatic carbocycles. The molecular weight excluding hydrogens is 407 g/mol. The predicted molar refractivity (Wildman–Crippen MR) is 110 cm³/mol. The van der Waals surface area contributed by atoms with E-state index in [4.69, 9.17) is 12.2 Å². The molecule has 0 amide bonds. The van der Waals surface area contributed by atoms with Crippen molar-refractivity contribution in [3.8, 4) is 0 Å². The van der Waals surface area contributed by atoms with Crippen LogP contribution in [0.2, 0.25) is 0 Å². The molecule has 24 heavy (non-hydrogen) atoms. The second-order valence-corrected chi connectivity index (χ2v) is 7.75. The second kappa shape index (κ2) is 10.0. The molecule has 0 aliphatic carbocycles. The molecule has 0 saturated heterocycles. The van der Waals surface area contributed by atoms with Crippen molar-refractivity contribution in [2.75, 3.05) is 17.6 Å². The minimum absolute atomic E-state index is 0.185. The van der Waals surface area contributed by atoms with Crippen LogP contribution in [0.4, 0.5) is 10.1 Å². The van der Waals surface area contributed by atoms with Gasteiger partial charge in [-0.3, -0.25) is 0 Å². The summed E-state index contributed by atoms with van der Waals surface area (Å²) in [7, 11) is 0. The molecule has 0 heterocycles. The summed E-state index contributed by atoms with van der Waals surface area (Å²) >= 11 is 10.6. The molecule has 0 radical (unpaired) electrons. The number of rotatable bonds is 7. The van der Waals surface area contributed by atoms with E-state index >= 15 is 0 Å². The van der Waals surface area contributed by atoms with Crippen LogP contribution in [-0.2, 0) is 5.75 Å². The molecule has 0 saturated carbocycles. The van der Waals surface area contributed by atoms with Gasteiger partial charge in [0.25, 0.3) is 0 Å². The van der Waals surface area contributed by atoms with E-state index < -0.39 is 0 Å². The van der Waals surface area contributed by atoms with Crippen molar-refractivity contribution in [2.24, 2.45) is 0 Å². The number of thiocarbonyl (C=S) groups is 1. The molecule has 2 aromatic rings. The van der Waals surface area contributed by atoms with Crippen LogP contribution in [0, 0.1) is 12.7 Å².